The maximum atomic E-state index is 13.9. The van der Waals surface area contributed by atoms with Gasteiger partial charge < -0.3 is 14.5 Å². The molecule has 0 aliphatic carbocycles. The highest BCUT2D eigenvalue weighted by atomic mass is 79.9. The summed E-state index contributed by atoms with van der Waals surface area (Å²) in [5.74, 6) is -2.85. The standard InChI is InChI=1S/C22H13BrF2N2O4/c23-15-8-12(24)9-16(25)21(15)27-20(28)11-31-22(29)14-10-18(19-6-3-7-30-19)26-17-5-2-1-4-13(14)17/h1-10H,11H2,(H,27,28). The molecule has 1 amide bonds. The number of rotatable bonds is 5. The molecule has 31 heavy (non-hydrogen) atoms. The lowest BCUT2D eigenvalue weighted by atomic mass is 10.1. The van der Waals surface area contributed by atoms with Gasteiger partial charge in [-0.05, 0) is 46.3 Å². The molecule has 0 aliphatic heterocycles. The minimum Gasteiger partial charge on any atom is -0.463 e. The number of carbonyl (C=O) groups is 2. The zero-order chi connectivity index (χ0) is 22.0. The Balaban J connectivity index is 1.54. The molecule has 0 unspecified atom stereocenters. The fraction of sp³-hybridized carbons (Fsp3) is 0.0455. The van der Waals surface area contributed by atoms with Crippen molar-refractivity contribution >= 4 is 44.4 Å². The Morgan fingerprint density at radius 1 is 1.10 bits per heavy atom. The van der Waals surface area contributed by atoms with Crippen LogP contribution in [0.3, 0.4) is 0 Å². The van der Waals surface area contributed by atoms with Crippen LogP contribution in [0.1, 0.15) is 10.4 Å². The highest BCUT2D eigenvalue weighted by Gasteiger charge is 2.18. The Bertz CT molecular complexity index is 1270. The van der Waals surface area contributed by atoms with Crippen LogP contribution in [0.5, 0.6) is 0 Å². The van der Waals surface area contributed by atoms with Crippen LogP contribution >= 0.6 is 15.9 Å². The number of halogens is 3. The number of hydrogen-bond donors (Lipinski definition) is 1. The number of benzene rings is 2. The summed E-state index contributed by atoms with van der Waals surface area (Å²) >= 11 is 2.98. The van der Waals surface area contributed by atoms with Crippen LogP contribution in [0.4, 0.5) is 14.5 Å². The summed E-state index contributed by atoms with van der Waals surface area (Å²) in [4.78, 5) is 29.4. The molecule has 4 rings (SSSR count). The van der Waals surface area contributed by atoms with Crippen LogP contribution in [0.15, 0.2) is 69.8 Å². The summed E-state index contributed by atoms with van der Waals surface area (Å²) in [6, 6.07) is 13.5. The van der Waals surface area contributed by atoms with Crippen LogP contribution in [-0.4, -0.2) is 23.5 Å². The molecule has 4 aromatic rings. The maximum absolute atomic E-state index is 13.9. The maximum Gasteiger partial charge on any atom is 0.339 e. The molecule has 2 heterocycles. The van der Waals surface area contributed by atoms with Crippen molar-refractivity contribution in [1.82, 2.24) is 4.98 Å². The molecule has 0 saturated heterocycles. The molecule has 0 spiro atoms. The molecule has 156 valence electrons. The van der Waals surface area contributed by atoms with E-state index in [2.05, 4.69) is 26.2 Å². The number of hydrogen-bond acceptors (Lipinski definition) is 5. The first-order valence-corrected chi connectivity index (χ1v) is 9.77. The monoisotopic (exact) mass is 486 g/mol. The highest BCUT2D eigenvalue weighted by molar-refractivity contribution is 9.10. The number of aromatic nitrogens is 1. The minimum absolute atomic E-state index is 0.0212. The number of pyridine rings is 1. The summed E-state index contributed by atoms with van der Waals surface area (Å²) in [7, 11) is 0. The lowest BCUT2D eigenvalue weighted by Gasteiger charge is -2.11. The van der Waals surface area contributed by atoms with E-state index in [1.54, 1.807) is 36.4 Å². The molecule has 0 saturated carbocycles. The van der Waals surface area contributed by atoms with E-state index in [0.717, 1.165) is 6.07 Å². The Kier molecular flexibility index (Phi) is 5.77. The normalized spacial score (nSPS) is 10.8. The predicted molar refractivity (Wildman–Crippen MR) is 112 cm³/mol. The van der Waals surface area contributed by atoms with E-state index >= 15 is 0 Å². The van der Waals surface area contributed by atoms with Crippen molar-refractivity contribution in [3.8, 4) is 11.5 Å². The molecule has 0 atom stereocenters. The summed E-state index contributed by atoms with van der Waals surface area (Å²) in [6.07, 6.45) is 1.49. The number of fused-ring (bicyclic) bond motifs is 1. The Hall–Kier alpha value is -3.59. The average Bonchev–Trinajstić information content (AvgIpc) is 3.28. The fourth-order valence-corrected chi connectivity index (χ4v) is 3.45. The quantitative estimate of drug-likeness (QED) is 0.385. The van der Waals surface area contributed by atoms with Gasteiger partial charge in [0.1, 0.15) is 11.5 Å². The van der Waals surface area contributed by atoms with Gasteiger partial charge in [-0.3, -0.25) is 4.79 Å². The SMILES string of the molecule is O=C(COC(=O)c1cc(-c2ccco2)nc2ccccc12)Nc1c(F)cc(F)cc1Br. The number of furan rings is 1. The van der Waals surface area contributed by atoms with Crippen LogP contribution in [0.25, 0.3) is 22.4 Å². The molecule has 2 aromatic heterocycles. The number of anilines is 1. The van der Waals surface area contributed by atoms with Crippen LogP contribution in [0.2, 0.25) is 0 Å². The van der Waals surface area contributed by atoms with Gasteiger partial charge in [0.25, 0.3) is 5.91 Å². The van der Waals surface area contributed by atoms with Crippen molar-refractivity contribution in [2.45, 2.75) is 0 Å². The predicted octanol–water partition coefficient (Wildman–Crippen LogP) is 5.33. The molecule has 0 bridgehead atoms. The molecule has 0 radical (unpaired) electrons. The summed E-state index contributed by atoms with van der Waals surface area (Å²) < 4.78 is 37.6. The van der Waals surface area contributed by atoms with Gasteiger partial charge in [0.2, 0.25) is 0 Å². The first kappa shape index (κ1) is 20.7. The third kappa shape index (κ3) is 4.46. The van der Waals surface area contributed by atoms with Crippen molar-refractivity contribution in [2.24, 2.45) is 0 Å². The van der Waals surface area contributed by atoms with Crippen LogP contribution in [-0.2, 0) is 9.53 Å². The average molecular weight is 487 g/mol. The first-order chi connectivity index (χ1) is 14.9. The molecule has 1 N–H and O–H groups in total. The van der Waals surface area contributed by atoms with Gasteiger partial charge in [0, 0.05) is 15.9 Å². The van der Waals surface area contributed by atoms with E-state index < -0.39 is 30.1 Å². The number of para-hydroxylation sites is 1. The first-order valence-electron chi connectivity index (χ1n) is 8.97. The summed E-state index contributed by atoms with van der Waals surface area (Å²) in [5.41, 5.74) is 0.915. The largest absolute Gasteiger partial charge is 0.463 e. The van der Waals surface area contributed by atoms with Gasteiger partial charge in [-0.25, -0.2) is 18.6 Å². The van der Waals surface area contributed by atoms with Crippen molar-refractivity contribution < 1.29 is 27.5 Å². The third-order valence-corrected chi connectivity index (χ3v) is 4.94. The zero-order valence-corrected chi connectivity index (χ0v) is 17.3. The van der Waals surface area contributed by atoms with Gasteiger partial charge in [-0.2, -0.15) is 0 Å². The number of amides is 1. The second-order valence-electron chi connectivity index (χ2n) is 6.42. The van der Waals surface area contributed by atoms with E-state index in [-0.39, 0.29) is 15.7 Å². The number of esters is 1. The zero-order valence-electron chi connectivity index (χ0n) is 15.7. The van der Waals surface area contributed by atoms with E-state index in [9.17, 15) is 18.4 Å². The molecule has 2 aromatic carbocycles. The second kappa shape index (κ2) is 8.65. The van der Waals surface area contributed by atoms with E-state index in [0.29, 0.717) is 28.4 Å². The van der Waals surface area contributed by atoms with Crippen LogP contribution < -0.4 is 5.32 Å². The Morgan fingerprint density at radius 2 is 1.90 bits per heavy atom. The van der Waals surface area contributed by atoms with Crippen LogP contribution in [0, 0.1) is 11.6 Å². The molecule has 0 aliphatic rings. The number of nitrogens with zero attached hydrogens (tertiary/aromatic N) is 1. The summed E-state index contributed by atoms with van der Waals surface area (Å²) in [6.45, 7) is -0.672. The van der Waals surface area contributed by atoms with E-state index in [4.69, 9.17) is 9.15 Å². The molecular weight excluding hydrogens is 474 g/mol. The lowest BCUT2D eigenvalue weighted by Crippen LogP contribution is -2.22. The fourth-order valence-electron chi connectivity index (χ4n) is 2.94. The van der Waals surface area contributed by atoms with Crippen molar-refractivity contribution in [2.75, 3.05) is 11.9 Å². The van der Waals surface area contributed by atoms with E-state index in [1.165, 1.54) is 12.3 Å². The van der Waals surface area contributed by atoms with Gasteiger partial charge in [-0.15, -0.1) is 0 Å². The molecule has 6 nitrogen and oxygen atoms in total. The number of ether oxygens (including phenoxy) is 1. The Labute approximate surface area is 183 Å². The van der Waals surface area contributed by atoms with Crippen molar-refractivity contribution in [3.05, 3.63) is 82.5 Å². The minimum atomic E-state index is -0.963. The summed E-state index contributed by atoms with van der Waals surface area (Å²) in [5, 5.41) is 2.79. The van der Waals surface area contributed by atoms with Gasteiger partial charge in [0.15, 0.2) is 18.2 Å². The number of nitrogens with one attached hydrogen (secondary N) is 1. The van der Waals surface area contributed by atoms with Gasteiger partial charge in [0.05, 0.1) is 23.0 Å². The number of carbonyl (C=O) groups excluding carboxylic acids is 2. The molecule has 0 fully saturated rings. The smallest absolute Gasteiger partial charge is 0.339 e. The van der Waals surface area contributed by atoms with Gasteiger partial charge in [-0.1, -0.05) is 18.2 Å². The lowest BCUT2D eigenvalue weighted by molar-refractivity contribution is -0.119. The molecule has 9 heteroatoms. The highest BCUT2D eigenvalue weighted by Crippen LogP contribution is 2.27. The second-order valence-corrected chi connectivity index (χ2v) is 7.27. The van der Waals surface area contributed by atoms with Crippen molar-refractivity contribution in [1.29, 1.82) is 0 Å². The van der Waals surface area contributed by atoms with Gasteiger partial charge >= 0.3 is 5.97 Å². The third-order valence-electron chi connectivity index (χ3n) is 4.32. The Morgan fingerprint density at radius 3 is 2.65 bits per heavy atom. The van der Waals surface area contributed by atoms with Crippen molar-refractivity contribution in [3.63, 3.8) is 0 Å². The molecular formula is C22H13BrF2N2O4. The van der Waals surface area contributed by atoms with E-state index in [1.807, 2.05) is 0 Å². The topological polar surface area (TPSA) is 81.4 Å².